The molecular formula is C14H14N4O3. The van der Waals surface area contributed by atoms with Crippen LogP contribution in [0.1, 0.15) is 11.3 Å². The second kappa shape index (κ2) is 5.12. The van der Waals surface area contributed by atoms with Gasteiger partial charge in [0.05, 0.1) is 11.7 Å². The Morgan fingerprint density at radius 1 is 1.43 bits per heavy atom. The summed E-state index contributed by atoms with van der Waals surface area (Å²) >= 11 is 0. The van der Waals surface area contributed by atoms with Gasteiger partial charge in [-0.15, -0.1) is 0 Å². The number of aromatic nitrogens is 2. The van der Waals surface area contributed by atoms with Crippen LogP contribution in [-0.2, 0) is 11.2 Å². The predicted molar refractivity (Wildman–Crippen MR) is 74.2 cm³/mol. The maximum absolute atomic E-state index is 11.6. The highest BCUT2D eigenvalue weighted by Gasteiger charge is 2.29. The number of rotatable bonds is 2. The lowest BCUT2D eigenvalue weighted by Crippen LogP contribution is -2.47. The fourth-order valence-electron chi connectivity index (χ4n) is 2.18. The fraction of sp³-hybridized carbons (Fsp3) is 0.214. The van der Waals surface area contributed by atoms with Crippen LogP contribution < -0.4 is 15.5 Å². The topological polar surface area (TPSA) is 102 Å². The van der Waals surface area contributed by atoms with Crippen molar-refractivity contribution in [2.75, 3.05) is 5.06 Å². The summed E-state index contributed by atoms with van der Waals surface area (Å²) in [5, 5.41) is 10.3. The molecule has 0 spiro atoms. The van der Waals surface area contributed by atoms with Crippen molar-refractivity contribution in [2.45, 2.75) is 19.4 Å². The van der Waals surface area contributed by atoms with Gasteiger partial charge >= 0.3 is 6.01 Å². The Kier molecular flexibility index (Phi) is 3.28. The number of hydrogen-bond donors (Lipinski definition) is 2. The molecule has 0 saturated heterocycles. The third kappa shape index (κ3) is 2.56. The molecule has 21 heavy (non-hydrogen) atoms. The highest BCUT2D eigenvalue weighted by Crippen LogP contribution is 2.30. The quantitative estimate of drug-likeness (QED) is 0.804. The number of carbonyl (C=O) groups is 1. The van der Waals surface area contributed by atoms with E-state index in [0.29, 0.717) is 22.9 Å². The van der Waals surface area contributed by atoms with E-state index < -0.39 is 11.9 Å². The zero-order valence-electron chi connectivity index (χ0n) is 11.4. The van der Waals surface area contributed by atoms with Crippen LogP contribution in [0.15, 0.2) is 30.5 Å². The molecule has 1 aliphatic rings. The van der Waals surface area contributed by atoms with Gasteiger partial charge < -0.3 is 10.5 Å². The number of nitrogens with zero attached hydrogens (tertiary/aromatic N) is 3. The highest BCUT2D eigenvalue weighted by atomic mass is 16.5. The Morgan fingerprint density at radius 2 is 2.24 bits per heavy atom. The van der Waals surface area contributed by atoms with Crippen LogP contribution >= 0.6 is 0 Å². The molecule has 0 saturated carbocycles. The summed E-state index contributed by atoms with van der Waals surface area (Å²) in [6.45, 7) is 1.84. The van der Waals surface area contributed by atoms with E-state index in [1.165, 1.54) is 0 Å². The molecule has 1 amide bonds. The average Bonchev–Trinajstić information content (AvgIpc) is 2.45. The van der Waals surface area contributed by atoms with Crippen LogP contribution in [0.4, 0.5) is 5.69 Å². The summed E-state index contributed by atoms with van der Waals surface area (Å²) in [6, 6.07) is 6.21. The smallest absolute Gasteiger partial charge is 0.322 e. The van der Waals surface area contributed by atoms with Gasteiger partial charge in [-0.05, 0) is 43.2 Å². The highest BCUT2D eigenvalue weighted by molar-refractivity contribution is 5.98. The van der Waals surface area contributed by atoms with Crippen molar-refractivity contribution in [2.24, 2.45) is 5.73 Å². The van der Waals surface area contributed by atoms with E-state index in [-0.39, 0.29) is 6.01 Å². The van der Waals surface area contributed by atoms with Crippen LogP contribution in [0.3, 0.4) is 0 Å². The Hall–Kier alpha value is -2.51. The van der Waals surface area contributed by atoms with E-state index in [2.05, 4.69) is 9.97 Å². The van der Waals surface area contributed by atoms with Gasteiger partial charge in [0.2, 0.25) is 0 Å². The summed E-state index contributed by atoms with van der Waals surface area (Å²) < 4.78 is 5.57. The van der Waals surface area contributed by atoms with E-state index in [4.69, 9.17) is 10.5 Å². The van der Waals surface area contributed by atoms with Gasteiger partial charge in [0.1, 0.15) is 5.75 Å². The molecule has 7 nitrogen and oxygen atoms in total. The van der Waals surface area contributed by atoms with Gasteiger partial charge in [-0.3, -0.25) is 10.0 Å². The molecule has 2 aromatic rings. The molecule has 1 atom stereocenters. The molecule has 0 bridgehead atoms. The molecule has 3 rings (SSSR count). The lowest BCUT2D eigenvalue weighted by molar-refractivity contribution is -0.125. The van der Waals surface area contributed by atoms with E-state index in [0.717, 1.165) is 11.3 Å². The summed E-state index contributed by atoms with van der Waals surface area (Å²) in [5.74, 6) is 0.00693. The lowest BCUT2D eigenvalue weighted by atomic mass is 9.99. The molecule has 1 aromatic heterocycles. The number of hydrogen-bond acceptors (Lipinski definition) is 6. The lowest BCUT2D eigenvalue weighted by Gasteiger charge is -2.27. The molecular weight excluding hydrogens is 272 g/mol. The minimum atomic E-state index is -0.757. The first-order valence-electron chi connectivity index (χ1n) is 6.43. The van der Waals surface area contributed by atoms with Crippen molar-refractivity contribution in [1.82, 2.24) is 9.97 Å². The molecule has 3 N–H and O–H groups in total. The number of anilines is 1. The number of fused-ring (bicyclic) bond motifs is 1. The second-order valence-electron chi connectivity index (χ2n) is 4.83. The first kappa shape index (κ1) is 13.5. The Labute approximate surface area is 121 Å². The summed E-state index contributed by atoms with van der Waals surface area (Å²) in [6.07, 6.45) is 1.96. The molecule has 1 aromatic carbocycles. The van der Waals surface area contributed by atoms with Gasteiger partial charge in [0.25, 0.3) is 5.91 Å². The van der Waals surface area contributed by atoms with Crippen molar-refractivity contribution >= 4 is 11.6 Å². The molecule has 0 fully saturated rings. The Bertz CT molecular complexity index is 704. The average molecular weight is 286 g/mol. The van der Waals surface area contributed by atoms with E-state index in [9.17, 15) is 10.0 Å². The van der Waals surface area contributed by atoms with Crippen molar-refractivity contribution in [3.05, 3.63) is 41.7 Å². The zero-order valence-corrected chi connectivity index (χ0v) is 11.4. The third-order valence-corrected chi connectivity index (χ3v) is 3.23. The van der Waals surface area contributed by atoms with Gasteiger partial charge in [-0.1, -0.05) is 0 Å². The van der Waals surface area contributed by atoms with Crippen LogP contribution in [0.5, 0.6) is 11.8 Å². The zero-order chi connectivity index (χ0) is 15.0. The van der Waals surface area contributed by atoms with Crippen LogP contribution in [0, 0.1) is 6.92 Å². The maximum Gasteiger partial charge on any atom is 0.322 e. The summed E-state index contributed by atoms with van der Waals surface area (Å²) in [5.41, 5.74) is 7.63. The van der Waals surface area contributed by atoms with Crippen molar-refractivity contribution < 1.29 is 14.7 Å². The third-order valence-electron chi connectivity index (χ3n) is 3.23. The minimum absolute atomic E-state index is 0.243. The number of aryl methyl sites for hydroxylation is 1. The SMILES string of the molecule is Cc1ccnc(Oc2ccc3c(c2)CC(N)C(=O)N3O)n1. The van der Waals surface area contributed by atoms with Crippen molar-refractivity contribution in [3.8, 4) is 11.8 Å². The molecule has 0 radical (unpaired) electrons. The molecule has 0 aliphatic carbocycles. The van der Waals surface area contributed by atoms with Crippen LogP contribution in [0.25, 0.3) is 0 Å². The van der Waals surface area contributed by atoms with Gasteiger partial charge in [-0.2, -0.15) is 5.06 Å². The van der Waals surface area contributed by atoms with E-state index in [1.807, 2.05) is 6.92 Å². The summed E-state index contributed by atoms with van der Waals surface area (Å²) in [7, 11) is 0. The van der Waals surface area contributed by atoms with Crippen LogP contribution in [0.2, 0.25) is 0 Å². The Balaban J connectivity index is 1.90. The van der Waals surface area contributed by atoms with Gasteiger partial charge in [-0.25, -0.2) is 9.97 Å². The monoisotopic (exact) mass is 286 g/mol. The minimum Gasteiger partial charge on any atom is -0.424 e. The first-order valence-corrected chi connectivity index (χ1v) is 6.43. The number of amides is 1. The molecule has 2 heterocycles. The number of carbonyl (C=O) groups excluding carboxylic acids is 1. The molecule has 1 aliphatic heterocycles. The maximum atomic E-state index is 11.6. The Morgan fingerprint density at radius 3 is 3.00 bits per heavy atom. The molecule has 7 heteroatoms. The normalized spacial score (nSPS) is 17.6. The second-order valence-corrected chi connectivity index (χ2v) is 4.83. The number of benzene rings is 1. The van der Waals surface area contributed by atoms with E-state index >= 15 is 0 Å². The number of hydroxylamine groups is 1. The van der Waals surface area contributed by atoms with Gasteiger partial charge in [0, 0.05) is 11.9 Å². The molecule has 1 unspecified atom stereocenters. The van der Waals surface area contributed by atoms with E-state index in [1.54, 1.807) is 30.5 Å². The molecule has 108 valence electrons. The standard InChI is InChI=1S/C14H14N4O3/c1-8-4-5-16-14(17-8)21-10-2-3-12-9(6-10)7-11(15)13(19)18(12)20/h2-6,11,20H,7,15H2,1H3. The predicted octanol–water partition coefficient (Wildman–Crippen LogP) is 1.18. The van der Waals surface area contributed by atoms with Gasteiger partial charge in [0.15, 0.2) is 0 Å². The number of nitrogens with two attached hydrogens (primary N) is 1. The van der Waals surface area contributed by atoms with Crippen molar-refractivity contribution in [1.29, 1.82) is 0 Å². The number of ether oxygens (including phenoxy) is 1. The summed E-state index contributed by atoms with van der Waals surface area (Å²) in [4.78, 5) is 19.8. The fourth-order valence-corrected chi connectivity index (χ4v) is 2.18. The van der Waals surface area contributed by atoms with Crippen molar-refractivity contribution in [3.63, 3.8) is 0 Å². The first-order chi connectivity index (χ1) is 10.0. The largest absolute Gasteiger partial charge is 0.424 e. The van der Waals surface area contributed by atoms with Crippen LogP contribution in [-0.4, -0.2) is 27.1 Å².